The molecule has 0 spiro atoms. The summed E-state index contributed by atoms with van der Waals surface area (Å²) in [7, 11) is 4.70. The first-order chi connectivity index (χ1) is 11.7. The molecule has 6 heteroatoms. The first-order valence-corrected chi connectivity index (χ1v) is 7.29. The normalized spacial score (nSPS) is 10.5. The highest BCUT2D eigenvalue weighted by molar-refractivity contribution is 5.71. The molecule has 0 aliphatic heterocycles. The lowest BCUT2D eigenvalue weighted by Crippen LogP contribution is -1.95. The molecule has 0 bridgehead atoms. The monoisotopic (exact) mass is 326 g/mol. The first kappa shape index (κ1) is 15.7. The number of anilines is 1. The van der Waals surface area contributed by atoms with Gasteiger partial charge in [0.1, 0.15) is 5.69 Å². The molecule has 6 nitrogen and oxygen atoms in total. The van der Waals surface area contributed by atoms with Gasteiger partial charge in [0, 0.05) is 22.9 Å². The van der Waals surface area contributed by atoms with Crippen molar-refractivity contribution in [3.05, 3.63) is 42.5 Å². The lowest BCUT2D eigenvalue weighted by atomic mass is 10.1. The molecule has 1 heterocycles. The number of ether oxygens (including phenoxy) is 3. The Morgan fingerprint density at radius 3 is 2.00 bits per heavy atom. The highest BCUT2D eigenvalue weighted by Crippen LogP contribution is 2.41. The Hall–Kier alpha value is -3.15. The van der Waals surface area contributed by atoms with Crippen LogP contribution in [0.15, 0.2) is 47.0 Å². The molecule has 2 N–H and O–H groups in total. The number of nitrogen functional groups attached to an aromatic ring is 1. The molecule has 1 aromatic heterocycles. The Bertz CT molecular complexity index is 815. The second kappa shape index (κ2) is 6.54. The van der Waals surface area contributed by atoms with Gasteiger partial charge in [-0.15, -0.1) is 0 Å². The number of benzene rings is 2. The minimum absolute atomic E-state index is 0.530. The van der Waals surface area contributed by atoms with E-state index in [1.807, 2.05) is 42.5 Å². The summed E-state index contributed by atoms with van der Waals surface area (Å²) in [6.45, 7) is 0. The topological polar surface area (TPSA) is 79.7 Å². The molecule has 3 rings (SSSR count). The molecule has 24 heavy (non-hydrogen) atoms. The van der Waals surface area contributed by atoms with E-state index in [2.05, 4.69) is 5.16 Å². The molecular formula is C18H18N2O4. The summed E-state index contributed by atoms with van der Waals surface area (Å²) in [5, 5.41) is 4.12. The van der Waals surface area contributed by atoms with E-state index in [0.717, 1.165) is 16.8 Å². The van der Waals surface area contributed by atoms with Crippen LogP contribution in [-0.2, 0) is 0 Å². The Morgan fingerprint density at radius 2 is 1.46 bits per heavy atom. The fourth-order valence-corrected chi connectivity index (χ4v) is 2.42. The van der Waals surface area contributed by atoms with Gasteiger partial charge < -0.3 is 24.5 Å². The zero-order valence-electron chi connectivity index (χ0n) is 13.7. The van der Waals surface area contributed by atoms with Crippen LogP contribution in [-0.4, -0.2) is 26.5 Å². The molecule has 0 unspecified atom stereocenters. The van der Waals surface area contributed by atoms with Gasteiger partial charge in [-0.2, -0.15) is 0 Å². The lowest BCUT2D eigenvalue weighted by molar-refractivity contribution is 0.324. The fourth-order valence-electron chi connectivity index (χ4n) is 2.42. The van der Waals surface area contributed by atoms with Crippen molar-refractivity contribution in [1.82, 2.24) is 5.16 Å². The van der Waals surface area contributed by atoms with Crippen molar-refractivity contribution in [1.29, 1.82) is 0 Å². The van der Waals surface area contributed by atoms with Crippen LogP contribution >= 0.6 is 0 Å². The molecule has 0 saturated heterocycles. The predicted octanol–water partition coefficient (Wildman–Crippen LogP) is 3.62. The van der Waals surface area contributed by atoms with Gasteiger partial charge in [-0.1, -0.05) is 17.3 Å². The third-order valence-electron chi connectivity index (χ3n) is 3.67. The van der Waals surface area contributed by atoms with Crippen molar-refractivity contribution in [3.8, 4) is 39.8 Å². The van der Waals surface area contributed by atoms with Gasteiger partial charge in [0.15, 0.2) is 17.3 Å². The minimum Gasteiger partial charge on any atom is -0.493 e. The summed E-state index contributed by atoms with van der Waals surface area (Å²) in [5.41, 5.74) is 8.83. The number of aromatic nitrogens is 1. The number of nitrogens with two attached hydrogens (primary N) is 1. The van der Waals surface area contributed by atoms with Gasteiger partial charge >= 0.3 is 0 Å². The molecule has 0 atom stereocenters. The van der Waals surface area contributed by atoms with E-state index in [1.54, 1.807) is 21.3 Å². The van der Waals surface area contributed by atoms with Crippen LogP contribution in [0, 0.1) is 0 Å². The smallest absolute Gasteiger partial charge is 0.203 e. The van der Waals surface area contributed by atoms with Crippen LogP contribution in [0.3, 0.4) is 0 Å². The van der Waals surface area contributed by atoms with Crippen molar-refractivity contribution >= 4 is 5.69 Å². The predicted molar refractivity (Wildman–Crippen MR) is 91.4 cm³/mol. The first-order valence-electron chi connectivity index (χ1n) is 7.29. The van der Waals surface area contributed by atoms with Gasteiger partial charge in [0.25, 0.3) is 0 Å². The maximum Gasteiger partial charge on any atom is 0.203 e. The Balaban J connectivity index is 2.02. The van der Waals surface area contributed by atoms with Gasteiger partial charge in [0.05, 0.1) is 21.3 Å². The quantitative estimate of drug-likeness (QED) is 0.721. The van der Waals surface area contributed by atoms with Crippen LogP contribution < -0.4 is 19.9 Å². The van der Waals surface area contributed by atoms with E-state index in [4.69, 9.17) is 24.5 Å². The zero-order chi connectivity index (χ0) is 17.1. The summed E-state index contributed by atoms with van der Waals surface area (Å²) < 4.78 is 21.5. The standard InChI is InChI=1S/C18H18N2O4/c1-21-16-8-12(9-17(22-2)18(16)23-3)15-10-14(20-24-15)11-4-6-13(19)7-5-11/h4-10H,19H2,1-3H3. The largest absolute Gasteiger partial charge is 0.493 e. The zero-order valence-corrected chi connectivity index (χ0v) is 13.7. The summed E-state index contributed by atoms with van der Waals surface area (Å²) in [5.74, 6) is 2.23. The SMILES string of the molecule is COc1cc(-c2cc(-c3ccc(N)cc3)no2)cc(OC)c1OC. The number of rotatable bonds is 5. The van der Waals surface area contributed by atoms with Gasteiger partial charge in [0.2, 0.25) is 5.75 Å². The van der Waals surface area contributed by atoms with Crippen LogP contribution in [0.5, 0.6) is 17.2 Å². The summed E-state index contributed by atoms with van der Waals surface area (Å²) in [6, 6.07) is 12.9. The third kappa shape index (κ3) is 2.86. The number of hydrogen-bond acceptors (Lipinski definition) is 6. The second-order valence-electron chi connectivity index (χ2n) is 5.11. The van der Waals surface area contributed by atoms with Crippen LogP contribution in [0.1, 0.15) is 0 Å². The summed E-state index contributed by atoms with van der Waals surface area (Å²) >= 11 is 0. The molecular weight excluding hydrogens is 308 g/mol. The Kier molecular flexibility index (Phi) is 4.29. The summed E-state index contributed by atoms with van der Waals surface area (Å²) in [4.78, 5) is 0. The Labute approximate surface area is 139 Å². The highest BCUT2D eigenvalue weighted by atomic mass is 16.5. The van der Waals surface area contributed by atoms with Crippen molar-refractivity contribution < 1.29 is 18.7 Å². The number of nitrogens with zero attached hydrogens (tertiary/aromatic N) is 1. The van der Waals surface area contributed by atoms with E-state index >= 15 is 0 Å². The van der Waals surface area contributed by atoms with E-state index in [-0.39, 0.29) is 0 Å². The molecule has 0 saturated carbocycles. The number of methoxy groups -OCH3 is 3. The second-order valence-corrected chi connectivity index (χ2v) is 5.11. The van der Waals surface area contributed by atoms with Crippen LogP contribution in [0.4, 0.5) is 5.69 Å². The molecule has 0 aliphatic rings. The summed E-state index contributed by atoms with van der Waals surface area (Å²) in [6.07, 6.45) is 0. The molecule has 0 aliphatic carbocycles. The van der Waals surface area contributed by atoms with Gasteiger partial charge in [-0.05, 0) is 24.3 Å². The highest BCUT2D eigenvalue weighted by Gasteiger charge is 2.17. The van der Waals surface area contributed by atoms with E-state index in [9.17, 15) is 0 Å². The lowest BCUT2D eigenvalue weighted by Gasteiger charge is -2.12. The fraction of sp³-hybridized carbons (Fsp3) is 0.167. The maximum absolute atomic E-state index is 5.71. The molecule has 0 amide bonds. The molecule has 0 fully saturated rings. The molecule has 124 valence electrons. The van der Waals surface area contributed by atoms with Gasteiger partial charge in [-0.3, -0.25) is 0 Å². The molecule has 0 radical (unpaired) electrons. The van der Waals surface area contributed by atoms with E-state index in [0.29, 0.717) is 28.7 Å². The Morgan fingerprint density at radius 1 is 0.833 bits per heavy atom. The molecule has 3 aromatic rings. The van der Waals surface area contributed by atoms with E-state index in [1.165, 1.54) is 0 Å². The molecule has 2 aromatic carbocycles. The van der Waals surface area contributed by atoms with Gasteiger partial charge in [-0.25, -0.2) is 0 Å². The van der Waals surface area contributed by atoms with Crippen LogP contribution in [0.2, 0.25) is 0 Å². The number of hydrogen-bond donors (Lipinski definition) is 1. The average Bonchev–Trinajstić information content (AvgIpc) is 3.11. The average molecular weight is 326 g/mol. The third-order valence-corrected chi connectivity index (χ3v) is 3.67. The maximum atomic E-state index is 5.71. The van der Waals surface area contributed by atoms with E-state index < -0.39 is 0 Å². The minimum atomic E-state index is 0.530. The van der Waals surface area contributed by atoms with Crippen molar-refractivity contribution in [3.63, 3.8) is 0 Å². The van der Waals surface area contributed by atoms with Crippen molar-refractivity contribution in [2.24, 2.45) is 0 Å². The van der Waals surface area contributed by atoms with Crippen molar-refractivity contribution in [2.45, 2.75) is 0 Å². The van der Waals surface area contributed by atoms with Crippen molar-refractivity contribution in [2.75, 3.05) is 27.1 Å². The van der Waals surface area contributed by atoms with Crippen LogP contribution in [0.25, 0.3) is 22.6 Å².